The van der Waals surface area contributed by atoms with Gasteiger partial charge in [0.15, 0.2) is 23.9 Å². The molecule has 2 N–H and O–H groups in total. The number of carbonyl (C=O) groups excluding carboxylic acids is 1. The Balaban J connectivity index is 1.58. The number of carbonyl (C=O) groups is 1. The van der Waals surface area contributed by atoms with E-state index in [0.717, 1.165) is 12.0 Å². The van der Waals surface area contributed by atoms with E-state index < -0.39 is 23.4 Å². The second-order valence-electron chi connectivity index (χ2n) is 8.60. The Labute approximate surface area is 230 Å². The van der Waals surface area contributed by atoms with Crippen LogP contribution in [0.5, 0.6) is 28.7 Å². The Morgan fingerprint density at radius 3 is 2.58 bits per heavy atom. The quantitative estimate of drug-likeness (QED) is 0.151. The van der Waals surface area contributed by atoms with Crippen LogP contribution in [-0.4, -0.2) is 30.7 Å². The Bertz CT molecular complexity index is 1490. The van der Waals surface area contributed by atoms with Gasteiger partial charge in [0.25, 0.3) is 0 Å². The van der Waals surface area contributed by atoms with Gasteiger partial charge in [-0.3, -0.25) is 10.1 Å². The lowest BCUT2D eigenvalue weighted by Crippen LogP contribution is -2.22. The normalized spacial score (nSPS) is 13.9. The zero-order valence-corrected chi connectivity index (χ0v) is 21.9. The molecule has 11 heteroatoms. The molecule has 1 unspecified atom stereocenters. The minimum absolute atomic E-state index is 0.0551. The summed E-state index contributed by atoms with van der Waals surface area (Å²) in [4.78, 5) is 23.0. The number of esters is 1. The van der Waals surface area contributed by atoms with Gasteiger partial charge in [-0.25, -0.2) is 4.79 Å². The molecular weight excluding hydrogens is 518 g/mol. The molecule has 0 saturated heterocycles. The lowest BCUT2D eigenvalue weighted by Gasteiger charge is -2.27. The van der Waals surface area contributed by atoms with Gasteiger partial charge < -0.3 is 29.4 Å². The first kappa shape index (κ1) is 27.8. The van der Waals surface area contributed by atoms with Crippen LogP contribution < -0.4 is 29.4 Å². The number of nitrogens with two attached hydrogens (primary N) is 1. The minimum Gasteiger partial charge on any atom is -0.490 e. The third-order valence-corrected chi connectivity index (χ3v) is 5.89. The zero-order chi connectivity index (χ0) is 28.6. The van der Waals surface area contributed by atoms with Gasteiger partial charge in [-0.1, -0.05) is 31.2 Å². The summed E-state index contributed by atoms with van der Waals surface area (Å²) in [5, 5.41) is 21.0. The van der Waals surface area contributed by atoms with Crippen LogP contribution in [0.25, 0.3) is 0 Å². The molecular formula is C29H27N3O8. The minimum atomic E-state index is -0.782. The van der Waals surface area contributed by atoms with Crippen LogP contribution in [0.15, 0.2) is 72.1 Å². The SMILES string of the molecule is CCCOc1ccc(C2C(C#N)=C(N)Oc3cc(OC(=O)COc4ccccc4[N+](=O)[O-])ccc32)cc1OCC. The van der Waals surface area contributed by atoms with Gasteiger partial charge in [0.1, 0.15) is 23.1 Å². The topological polar surface area (TPSA) is 156 Å². The standard InChI is InChI=1S/C29H27N3O8/c1-3-13-37-24-12-9-18(14-26(24)36-4-2)28-20-11-10-19(15-25(20)40-29(31)21(28)16-30)39-27(33)17-38-23-8-6-5-7-22(23)32(34)35/h5-12,14-15,28H,3-4,13,17,31H2,1-2H3. The summed E-state index contributed by atoms with van der Waals surface area (Å²) in [5.74, 6) is 0.0987. The zero-order valence-electron chi connectivity index (χ0n) is 21.9. The van der Waals surface area contributed by atoms with Crippen LogP contribution >= 0.6 is 0 Å². The molecule has 206 valence electrons. The molecule has 0 saturated carbocycles. The average Bonchev–Trinajstić information content (AvgIpc) is 2.95. The number of nitrogens with zero attached hydrogens (tertiary/aromatic N) is 2. The lowest BCUT2D eigenvalue weighted by atomic mass is 9.83. The van der Waals surface area contributed by atoms with Gasteiger partial charge in [-0.05, 0) is 43.2 Å². The second kappa shape index (κ2) is 12.5. The Morgan fingerprint density at radius 2 is 1.85 bits per heavy atom. The highest BCUT2D eigenvalue weighted by Crippen LogP contribution is 2.45. The molecule has 0 radical (unpaired) electrons. The first-order valence-electron chi connectivity index (χ1n) is 12.5. The number of benzene rings is 3. The summed E-state index contributed by atoms with van der Waals surface area (Å²) in [6.45, 7) is 4.28. The smallest absolute Gasteiger partial charge is 0.349 e. The highest BCUT2D eigenvalue weighted by atomic mass is 16.6. The van der Waals surface area contributed by atoms with E-state index in [2.05, 4.69) is 6.07 Å². The maximum atomic E-state index is 12.4. The van der Waals surface area contributed by atoms with Gasteiger partial charge in [0.2, 0.25) is 5.88 Å². The second-order valence-corrected chi connectivity index (χ2v) is 8.60. The predicted octanol–water partition coefficient (Wildman–Crippen LogP) is 4.98. The van der Waals surface area contributed by atoms with Gasteiger partial charge in [-0.15, -0.1) is 0 Å². The predicted molar refractivity (Wildman–Crippen MR) is 143 cm³/mol. The van der Waals surface area contributed by atoms with Gasteiger partial charge in [-0.2, -0.15) is 5.26 Å². The number of rotatable bonds is 11. The van der Waals surface area contributed by atoms with E-state index in [9.17, 15) is 20.2 Å². The Kier molecular flexibility index (Phi) is 8.71. The van der Waals surface area contributed by atoms with E-state index >= 15 is 0 Å². The average molecular weight is 546 g/mol. The summed E-state index contributed by atoms with van der Waals surface area (Å²) in [7, 11) is 0. The molecule has 1 heterocycles. The van der Waals surface area contributed by atoms with Crippen molar-refractivity contribution in [2.24, 2.45) is 5.73 Å². The lowest BCUT2D eigenvalue weighted by molar-refractivity contribution is -0.385. The highest BCUT2D eigenvalue weighted by Gasteiger charge is 2.32. The van der Waals surface area contributed by atoms with E-state index in [0.29, 0.717) is 36.0 Å². The molecule has 0 aromatic heterocycles. The number of allylic oxidation sites excluding steroid dienone is 1. The van der Waals surface area contributed by atoms with E-state index in [1.54, 1.807) is 24.3 Å². The van der Waals surface area contributed by atoms with Crippen molar-refractivity contribution < 1.29 is 33.4 Å². The van der Waals surface area contributed by atoms with Crippen LogP contribution in [0.2, 0.25) is 0 Å². The number of nitro benzene ring substituents is 1. The monoisotopic (exact) mass is 545 g/mol. The van der Waals surface area contributed by atoms with Gasteiger partial charge in [0.05, 0.1) is 24.1 Å². The van der Waals surface area contributed by atoms with Crippen LogP contribution in [0.1, 0.15) is 37.3 Å². The van der Waals surface area contributed by atoms with E-state index in [-0.39, 0.29) is 28.6 Å². The fraction of sp³-hybridized carbons (Fsp3) is 0.241. The summed E-state index contributed by atoms with van der Waals surface area (Å²) in [6, 6.07) is 18.0. The van der Waals surface area contributed by atoms with Crippen molar-refractivity contribution in [3.8, 4) is 34.8 Å². The van der Waals surface area contributed by atoms with Gasteiger partial charge in [0, 0.05) is 17.7 Å². The molecule has 0 bridgehead atoms. The molecule has 3 aromatic carbocycles. The molecule has 4 rings (SSSR count). The molecule has 0 fully saturated rings. The number of hydrogen-bond donors (Lipinski definition) is 1. The molecule has 3 aromatic rings. The molecule has 1 atom stereocenters. The molecule has 1 aliphatic rings. The van der Waals surface area contributed by atoms with Crippen LogP contribution in [0, 0.1) is 21.4 Å². The Hall–Kier alpha value is -5.24. The molecule has 0 amide bonds. The number of para-hydroxylation sites is 2. The van der Waals surface area contributed by atoms with Crippen molar-refractivity contribution in [2.75, 3.05) is 19.8 Å². The number of nitro groups is 1. The fourth-order valence-corrected chi connectivity index (χ4v) is 4.17. The summed E-state index contributed by atoms with van der Waals surface area (Å²) >= 11 is 0. The highest BCUT2D eigenvalue weighted by molar-refractivity contribution is 5.74. The maximum absolute atomic E-state index is 12.4. The number of nitriles is 1. The number of hydrogen-bond acceptors (Lipinski definition) is 10. The van der Waals surface area contributed by atoms with Crippen LogP contribution in [0.3, 0.4) is 0 Å². The van der Waals surface area contributed by atoms with E-state index in [1.165, 1.54) is 24.3 Å². The maximum Gasteiger partial charge on any atom is 0.349 e. The van der Waals surface area contributed by atoms with Crippen molar-refractivity contribution >= 4 is 11.7 Å². The Morgan fingerprint density at radius 1 is 1.05 bits per heavy atom. The van der Waals surface area contributed by atoms with Crippen molar-refractivity contribution in [1.82, 2.24) is 0 Å². The third kappa shape index (κ3) is 6.07. The largest absolute Gasteiger partial charge is 0.490 e. The van der Waals surface area contributed by atoms with Crippen molar-refractivity contribution in [1.29, 1.82) is 5.26 Å². The fourth-order valence-electron chi connectivity index (χ4n) is 4.17. The van der Waals surface area contributed by atoms with E-state index in [1.807, 2.05) is 26.0 Å². The first-order chi connectivity index (χ1) is 19.4. The molecule has 1 aliphatic heterocycles. The first-order valence-corrected chi connectivity index (χ1v) is 12.5. The van der Waals surface area contributed by atoms with Crippen molar-refractivity contribution in [2.45, 2.75) is 26.2 Å². The summed E-state index contributed by atoms with van der Waals surface area (Å²) < 4.78 is 28.0. The van der Waals surface area contributed by atoms with Crippen molar-refractivity contribution in [3.63, 3.8) is 0 Å². The van der Waals surface area contributed by atoms with Crippen LogP contribution in [0.4, 0.5) is 5.69 Å². The molecule has 40 heavy (non-hydrogen) atoms. The summed E-state index contributed by atoms with van der Waals surface area (Å²) in [5.41, 5.74) is 7.44. The number of ether oxygens (including phenoxy) is 5. The molecule has 11 nitrogen and oxygen atoms in total. The molecule has 0 aliphatic carbocycles. The van der Waals surface area contributed by atoms with E-state index in [4.69, 9.17) is 29.4 Å². The van der Waals surface area contributed by atoms with Crippen LogP contribution in [-0.2, 0) is 4.79 Å². The molecule has 0 spiro atoms. The van der Waals surface area contributed by atoms with Crippen molar-refractivity contribution in [3.05, 3.63) is 93.4 Å². The number of fused-ring (bicyclic) bond motifs is 1. The third-order valence-electron chi connectivity index (χ3n) is 5.89. The summed E-state index contributed by atoms with van der Waals surface area (Å²) in [6.07, 6.45) is 0.837. The van der Waals surface area contributed by atoms with Gasteiger partial charge >= 0.3 is 11.7 Å².